The van der Waals surface area contributed by atoms with E-state index in [2.05, 4.69) is 4.74 Å². The monoisotopic (exact) mass is 124 g/mol. The fourth-order valence-electron chi connectivity index (χ4n) is 0.835. The Bertz CT molecular complexity index is 249. The number of carbonyl (C=O) groups is 1. The standard InChI is InChI=1S/C6H4O3/c7-6-5-3-8-1-4(5)2-9-6/h1,3H,2H2. The van der Waals surface area contributed by atoms with Crippen LogP contribution in [0.1, 0.15) is 15.9 Å². The summed E-state index contributed by atoms with van der Waals surface area (Å²) >= 11 is 0. The van der Waals surface area contributed by atoms with Crippen LogP contribution >= 0.6 is 0 Å². The van der Waals surface area contributed by atoms with Gasteiger partial charge in [-0.2, -0.15) is 0 Å². The van der Waals surface area contributed by atoms with Crippen LogP contribution in [-0.4, -0.2) is 5.97 Å². The fraction of sp³-hybridized carbons (Fsp3) is 0.167. The van der Waals surface area contributed by atoms with Gasteiger partial charge in [0.15, 0.2) is 0 Å². The first kappa shape index (κ1) is 4.61. The number of hydrogen-bond acceptors (Lipinski definition) is 3. The van der Waals surface area contributed by atoms with Crippen LogP contribution in [0.15, 0.2) is 16.9 Å². The van der Waals surface area contributed by atoms with Gasteiger partial charge in [0.2, 0.25) is 0 Å². The van der Waals surface area contributed by atoms with Gasteiger partial charge in [-0.1, -0.05) is 0 Å². The first-order valence-corrected chi connectivity index (χ1v) is 2.60. The zero-order chi connectivity index (χ0) is 6.27. The predicted molar refractivity (Wildman–Crippen MR) is 27.8 cm³/mol. The second-order valence-electron chi connectivity index (χ2n) is 1.89. The molecule has 46 valence electrons. The van der Waals surface area contributed by atoms with Crippen molar-refractivity contribution < 1.29 is 13.9 Å². The maximum atomic E-state index is 10.6. The molecule has 0 bridgehead atoms. The lowest BCUT2D eigenvalue weighted by Gasteiger charge is -1.85. The summed E-state index contributed by atoms with van der Waals surface area (Å²) in [7, 11) is 0. The lowest BCUT2D eigenvalue weighted by atomic mass is 10.2. The van der Waals surface area contributed by atoms with E-state index in [9.17, 15) is 4.79 Å². The number of fused-ring (bicyclic) bond motifs is 1. The molecule has 0 aromatic carbocycles. The Morgan fingerprint density at radius 2 is 2.33 bits per heavy atom. The number of rotatable bonds is 0. The molecule has 0 atom stereocenters. The third-order valence-electron chi connectivity index (χ3n) is 1.32. The van der Waals surface area contributed by atoms with Crippen molar-refractivity contribution in [3.63, 3.8) is 0 Å². The first-order valence-electron chi connectivity index (χ1n) is 2.60. The zero-order valence-corrected chi connectivity index (χ0v) is 4.59. The number of hydrogen-bond donors (Lipinski definition) is 0. The molecule has 9 heavy (non-hydrogen) atoms. The van der Waals surface area contributed by atoms with Crippen molar-refractivity contribution in [1.82, 2.24) is 0 Å². The topological polar surface area (TPSA) is 39.4 Å². The number of esters is 1. The van der Waals surface area contributed by atoms with E-state index in [4.69, 9.17) is 4.42 Å². The van der Waals surface area contributed by atoms with Gasteiger partial charge in [0.1, 0.15) is 18.4 Å². The van der Waals surface area contributed by atoms with Gasteiger partial charge in [0, 0.05) is 5.56 Å². The molecule has 0 amide bonds. The van der Waals surface area contributed by atoms with E-state index in [1.165, 1.54) is 12.5 Å². The smallest absolute Gasteiger partial charge is 0.342 e. The molecule has 0 unspecified atom stereocenters. The molecule has 2 heterocycles. The lowest BCUT2D eigenvalue weighted by Crippen LogP contribution is -1.91. The summed E-state index contributed by atoms with van der Waals surface area (Å²) in [6.07, 6.45) is 2.94. The van der Waals surface area contributed by atoms with Crippen molar-refractivity contribution in [3.8, 4) is 0 Å². The van der Waals surface area contributed by atoms with Crippen molar-refractivity contribution in [2.45, 2.75) is 6.61 Å². The van der Waals surface area contributed by atoms with E-state index >= 15 is 0 Å². The Hall–Kier alpha value is -1.25. The third kappa shape index (κ3) is 0.483. The van der Waals surface area contributed by atoms with Gasteiger partial charge in [-0.3, -0.25) is 0 Å². The van der Waals surface area contributed by atoms with Crippen LogP contribution in [0.3, 0.4) is 0 Å². The van der Waals surface area contributed by atoms with E-state index < -0.39 is 0 Å². The average Bonchev–Trinajstić information content (AvgIpc) is 2.35. The molecule has 0 saturated heterocycles. The average molecular weight is 124 g/mol. The normalized spacial score (nSPS) is 15.3. The zero-order valence-electron chi connectivity index (χ0n) is 4.59. The van der Waals surface area contributed by atoms with Crippen molar-refractivity contribution in [2.75, 3.05) is 0 Å². The maximum Gasteiger partial charge on any atom is 0.342 e. The van der Waals surface area contributed by atoms with Crippen molar-refractivity contribution in [2.24, 2.45) is 0 Å². The van der Waals surface area contributed by atoms with Gasteiger partial charge in [-0.15, -0.1) is 0 Å². The second kappa shape index (κ2) is 1.37. The molecule has 2 rings (SSSR count). The minimum Gasteiger partial charge on any atom is -0.471 e. The van der Waals surface area contributed by atoms with E-state index in [1.807, 2.05) is 0 Å². The highest BCUT2D eigenvalue weighted by Gasteiger charge is 2.22. The predicted octanol–water partition coefficient (Wildman–Crippen LogP) is 0.950. The molecule has 0 saturated carbocycles. The van der Waals surface area contributed by atoms with Gasteiger partial charge >= 0.3 is 5.97 Å². The van der Waals surface area contributed by atoms with Crippen LogP contribution < -0.4 is 0 Å². The Morgan fingerprint density at radius 3 is 3.11 bits per heavy atom. The van der Waals surface area contributed by atoms with Gasteiger partial charge < -0.3 is 9.15 Å². The number of cyclic esters (lactones) is 1. The summed E-state index contributed by atoms with van der Waals surface area (Å²) < 4.78 is 9.42. The molecule has 1 aliphatic rings. The van der Waals surface area contributed by atoms with Crippen LogP contribution in [0.4, 0.5) is 0 Å². The third-order valence-corrected chi connectivity index (χ3v) is 1.32. The van der Waals surface area contributed by atoms with Crippen LogP contribution in [0.2, 0.25) is 0 Å². The van der Waals surface area contributed by atoms with Crippen LogP contribution in [0.5, 0.6) is 0 Å². The summed E-state index contributed by atoms with van der Waals surface area (Å²) in [6.45, 7) is 0.366. The fourth-order valence-corrected chi connectivity index (χ4v) is 0.835. The number of ether oxygens (including phenoxy) is 1. The molecule has 0 radical (unpaired) electrons. The SMILES string of the molecule is O=C1OCc2cocc21. The van der Waals surface area contributed by atoms with Gasteiger partial charge in [-0.05, 0) is 0 Å². The Labute approximate surface area is 51.2 Å². The molecular formula is C6H4O3. The quantitative estimate of drug-likeness (QED) is 0.483. The molecule has 0 N–H and O–H groups in total. The second-order valence-corrected chi connectivity index (χ2v) is 1.89. The summed E-state index contributed by atoms with van der Waals surface area (Å²) in [6, 6.07) is 0. The highest BCUT2D eigenvalue weighted by Crippen LogP contribution is 2.19. The summed E-state index contributed by atoms with van der Waals surface area (Å²) in [4.78, 5) is 10.6. The molecule has 1 aliphatic heterocycles. The molecule has 1 aromatic heterocycles. The van der Waals surface area contributed by atoms with Crippen LogP contribution in [-0.2, 0) is 11.3 Å². The molecule has 0 aliphatic carbocycles. The van der Waals surface area contributed by atoms with Gasteiger partial charge in [0.25, 0.3) is 0 Å². The minimum atomic E-state index is -0.279. The molecular weight excluding hydrogens is 120 g/mol. The van der Waals surface area contributed by atoms with Gasteiger partial charge in [-0.25, -0.2) is 4.79 Å². The lowest BCUT2D eigenvalue weighted by molar-refractivity contribution is 0.0530. The van der Waals surface area contributed by atoms with Crippen molar-refractivity contribution >= 4 is 5.97 Å². The highest BCUT2D eigenvalue weighted by molar-refractivity contribution is 5.92. The summed E-state index contributed by atoms with van der Waals surface area (Å²) in [5, 5.41) is 0. The molecule has 1 aromatic rings. The highest BCUT2D eigenvalue weighted by atomic mass is 16.5. The molecule has 3 nitrogen and oxygen atoms in total. The molecule has 3 heteroatoms. The minimum absolute atomic E-state index is 0.279. The van der Waals surface area contributed by atoms with Gasteiger partial charge in [0.05, 0.1) is 6.26 Å². The first-order chi connectivity index (χ1) is 4.38. The van der Waals surface area contributed by atoms with E-state index in [-0.39, 0.29) is 5.97 Å². The van der Waals surface area contributed by atoms with E-state index in [0.29, 0.717) is 12.2 Å². The molecule has 0 fully saturated rings. The van der Waals surface area contributed by atoms with Crippen molar-refractivity contribution in [1.29, 1.82) is 0 Å². The Kier molecular flexibility index (Phi) is 0.704. The summed E-state index contributed by atoms with van der Waals surface area (Å²) in [5.41, 5.74) is 1.41. The number of furan rings is 1. The largest absolute Gasteiger partial charge is 0.471 e. The maximum absolute atomic E-state index is 10.6. The van der Waals surface area contributed by atoms with E-state index in [0.717, 1.165) is 5.56 Å². The molecule has 0 spiro atoms. The van der Waals surface area contributed by atoms with Crippen LogP contribution in [0.25, 0.3) is 0 Å². The Morgan fingerprint density at radius 1 is 1.44 bits per heavy atom. The van der Waals surface area contributed by atoms with Crippen LogP contribution in [0, 0.1) is 0 Å². The Balaban J connectivity index is 2.61. The van der Waals surface area contributed by atoms with Crippen molar-refractivity contribution in [3.05, 3.63) is 23.7 Å². The van der Waals surface area contributed by atoms with E-state index in [1.54, 1.807) is 0 Å². The summed E-state index contributed by atoms with van der Waals surface area (Å²) in [5.74, 6) is -0.279. The number of carbonyl (C=O) groups excluding carboxylic acids is 1.